The van der Waals surface area contributed by atoms with E-state index >= 15 is 0 Å². The van der Waals surface area contributed by atoms with Crippen molar-refractivity contribution in [1.29, 1.82) is 0 Å². The van der Waals surface area contributed by atoms with Crippen LogP contribution in [0.2, 0.25) is 0 Å². The molecule has 1 N–H and O–H groups in total. The fraction of sp³-hybridized carbons (Fsp3) is 0.348. The molecule has 1 saturated carbocycles. The van der Waals surface area contributed by atoms with Crippen LogP contribution in [0, 0.1) is 5.92 Å². The summed E-state index contributed by atoms with van der Waals surface area (Å²) in [5.74, 6) is 0.743. The molecule has 1 aliphatic carbocycles. The van der Waals surface area contributed by atoms with Crippen LogP contribution in [-0.2, 0) is 16.1 Å². The number of hydrogen-bond acceptors (Lipinski definition) is 4. The third-order valence-corrected chi connectivity index (χ3v) is 5.93. The van der Waals surface area contributed by atoms with Crippen LogP contribution in [0.1, 0.15) is 41.6 Å². The second kappa shape index (κ2) is 7.03. The summed E-state index contributed by atoms with van der Waals surface area (Å²) >= 11 is 0. The summed E-state index contributed by atoms with van der Waals surface area (Å²) < 4.78 is 5.81. The van der Waals surface area contributed by atoms with Crippen molar-refractivity contribution in [2.45, 2.75) is 38.3 Å². The summed E-state index contributed by atoms with van der Waals surface area (Å²) in [4.78, 5) is 38.2. The molecule has 5 rings (SSSR count). The van der Waals surface area contributed by atoms with E-state index in [0.717, 1.165) is 29.0 Å². The molecule has 2 aromatic rings. The Morgan fingerprint density at radius 3 is 2.45 bits per heavy atom. The fourth-order valence-electron chi connectivity index (χ4n) is 4.09. The van der Waals surface area contributed by atoms with Gasteiger partial charge in [0, 0.05) is 18.5 Å². The van der Waals surface area contributed by atoms with E-state index in [4.69, 9.17) is 4.74 Å². The van der Waals surface area contributed by atoms with Crippen LogP contribution < -0.4 is 10.1 Å². The quantitative estimate of drug-likeness (QED) is 0.797. The van der Waals surface area contributed by atoms with E-state index < -0.39 is 6.04 Å². The standard InChI is InChI=1S/C23H22N2O4/c26-21-11-10-20(22(27)24-21)25-12-19-17(2-1-3-18(19)23(25)28)15-6-8-16(9-7-15)29-13-14-4-5-14/h1-3,6-9,14,20H,4-5,10-13H2,(H,24,26,27). The second-order valence-corrected chi connectivity index (χ2v) is 8.01. The monoisotopic (exact) mass is 390 g/mol. The predicted octanol–water partition coefficient (Wildman–Crippen LogP) is 2.90. The average molecular weight is 390 g/mol. The van der Waals surface area contributed by atoms with Gasteiger partial charge in [-0.3, -0.25) is 19.7 Å². The van der Waals surface area contributed by atoms with E-state index in [1.54, 1.807) is 11.0 Å². The van der Waals surface area contributed by atoms with E-state index in [-0.39, 0.29) is 24.1 Å². The number of rotatable bonds is 5. The first-order chi connectivity index (χ1) is 14.1. The number of nitrogens with zero attached hydrogens (tertiary/aromatic N) is 1. The van der Waals surface area contributed by atoms with Gasteiger partial charge >= 0.3 is 0 Å². The maximum absolute atomic E-state index is 13.0. The van der Waals surface area contributed by atoms with Gasteiger partial charge < -0.3 is 9.64 Å². The normalized spacial score (nSPS) is 21.2. The van der Waals surface area contributed by atoms with Crippen LogP contribution in [0.15, 0.2) is 42.5 Å². The average Bonchev–Trinajstić information content (AvgIpc) is 3.50. The lowest BCUT2D eigenvalue weighted by Crippen LogP contribution is -2.52. The molecule has 6 heteroatoms. The van der Waals surface area contributed by atoms with E-state index in [2.05, 4.69) is 5.32 Å². The van der Waals surface area contributed by atoms with Crippen LogP contribution in [0.25, 0.3) is 11.1 Å². The summed E-state index contributed by atoms with van der Waals surface area (Å²) in [6.07, 6.45) is 3.14. The third-order valence-electron chi connectivity index (χ3n) is 5.93. The number of nitrogens with one attached hydrogen (secondary N) is 1. The highest BCUT2D eigenvalue weighted by molar-refractivity contribution is 6.06. The van der Waals surface area contributed by atoms with Gasteiger partial charge in [-0.25, -0.2) is 0 Å². The van der Waals surface area contributed by atoms with Crippen LogP contribution >= 0.6 is 0 Å². The number of piperidine rings is 1. The molecule has 3 aliphatic rings. The zero-order chi connectivity index (χ0) is 20.0. The van der Waals surface area contributed by atoms with Gasteiger partial charge in [-0.05, 0) is 60.1 Å². The largest absolute Gasteiger partial charge is 0.493 e. The van der Waals surface area contributed by atoms with Gasteiger partial charge in [0.1, 0.15) is 11.8 Å². The van der Waals surface area contributed by atoms with Crippen LogP contribution in [0.4, 0.5) is 0 Å². The van der Waals surface area contributed by atoms with Gasteiger partial charge in [0.15, 0.2) is 0 Å². The number of ether oxygens (including phenoxy) is 1. The van der Waals surface area contributed by atoms with Crippen LogP contribution in [0.5, 0.6) is 5.75 Å². The lowest BCUT2D eigenvalue weighted by molar-refractivity contribution is -0.136. The molecular weight excluding hydrogens is 368 g/mol. The Morgan fingerprint density at radius 1 is 0.966 bits per heavy atom. The number of imide groups is 1. The summed E-state index contributed by atoms with van der Waals surface area (Å²) in [5.41, 5.74) is 3.55. The van der Waals surface area contributed by atoms with Crippen molar-refractivity contribution in [3.8, 4) is 16.9 Å². The predicted molar refractivity (Wildman–Crippen MR) is 106 cm³/mol. The van der Waals surface area contributed by atoms with E-state index in [1.165, 1.54) is 12.8 Å². The van der Waals surface area contributed by atoms with Crippen molar-refractivity contribution < 1.29 is 19.1 Å². The van der Waals surface area contributed by atoms with E-state index in [0.29, 0.717) is 24.4 Å². The Morgan fingerprint density at radius 2 is 1.72 bits per heavy atom. The molecule has 1 atom stereocenters. The topological polar surface area (TPSA) is 75.7 Å². The molecular formula is C23H22N2O4. The summed E-state index contributed by atoms with van der Waals surface area (Å²) in [7, 11) is 0. The van der Waals surface area contributed by atoms with E-state index in [1.807, 2.05) is 36.4 Å². The number of carbonyl (C=O) groups is 3. The molecule has 1 unspecified atom stereocenters. The van der Waals surface area contributed by atoms with Gasteiger partial charge in [0.05, 0.1) is 6.61 Å². The Labute approximate surface area is 168 Å². The Hall–Kier alpha value is -3.15. The highest BCUT2D eigenvalue weighted by Gasteiger charge is 2.39. The zero-order valence-electron chi connectivity index (χ0n) is 16.0. The molecule has 0 aromatic heterocycles. The van der Waals surface area contributed by atoms with Crippen LogP contribution in [0.3, 0.4) is 0 Å². The first-order valence-electron chi connectivity index (χ1n) is 10.1. The van der Waals surface area contributed by atoms with E-state index in [9.17, 15) is 14.4 Å². The molecule has 2 heterocycles. The summed E-state index contributed by atoms with van der Waals surface area (Å²) in [5, 5.41) is 2.34. The SMILES string of the molecule is O=C1CCC(N2Cc3c(cccc3-c3ccc(OCC4CC4)cc3)C2=O)C(=O)N1. The zero-order valence-corrected chi connectivity index (χ0v) is 16.0. The van der Waals surface area contributed by atoms with Crippen molar-refractivity contribution in [3.05, 3.63) is 53.6 Å². The van der Waals surface area contributed by atoms with Crippen molar-refractivity contribution in [2.24, 2.45) is 5.92 Å². The fourth-order valence-corrected chi connectivity index (χ4v) is 4.09. The van der Waals surface area contributed by atoms with Gasteiger partial charge in [-0.1, -0.05) is 24.3 Å². The highest BCUT2D eigenvalue weighted by Crippen LogP contribution is 2.35. The summed E-state index contributed by atoms with van der Waals surface area (Å²) in [6, 6.07) is 13.0. The molecule has 0 spiro atoms. The summed E-state index contributed by atoms with van der Waals surface area (Å²) in [6.45, 7) is 1.14. The smallest absolute Gasteiger partial charge is 0.255 e. The maximum atomic E-state index is 13.0. The lowest BCUT2D eigenvalue weighted by atomic mass is 9.97. The molecule has 0 radical (unpaired) electrons. The number of benzene rings is 2. The molecule has 29 heavy (non-hydrogen) atoms. The van der Waals surface area contributed by atoms with Crippen molar-refractivity contribution in [1.82, 2.24) is 10.2 Å². The molecule has 6 nitrogen and oxygen atoms in total. The Bertz CT molecular complexity index is 994. The second-order valence-electron chi connectivity index (χ2n) is 8.01. The molecule has 0 bridgehead atoms. The number of fused-ring (bicyclic) bond motifs is 1. The first-order valence-corrected chi connectivity index (χ1v) is 10.1. The van der Waals surface area contributed by atoms with Crippen molar-refractivity contribution >= 4 is 17.7 Å². The van der Waals surface area contributed by atoms with Gasteiger partial charge in [0.25, 0.3) is 5.91 Å². The molecule has 2 aliphatic heterocycles. The minimum Gasteiger partial charge on any atom is -0.493 e. The van der Waals surface area contributed by atoms with Gasteiger partial charge in [-0.2, -0.15) is 0 Å². The molecule has 3 amide bonds. The highest BCUT2D eigenvalue weighted by atomic mass is 16.5. The lowest BCUT2D eigenvalue weighted by Gasteiger charge is -2.29. The third kappa shape index (κ3) is 3.39. The van der Waals surface area contributed by atoms with Gasteiger partial charge in [0.2, 0.25) is 11.8 Å². The molecule has 148 valence electrons. The minimum absolute atomic E-state index is 0.152. The molecule has 2 aromatic carbocycles. The van der Waals surface area contributed by atoms with Crippen molar-refractivity contribution in [3.63, 3.8) is 0 Å². The maximum Gasteiger partial charge on any atom is 0.255 e. The Kier molecular flexibility index (Phi) is 4.34. The van der Waals surface area contributed by atoms with Crippen molar-refractivity contribution in [2.75, 3.05) is 6.61 Å². The minimum atomic E-state index is -0.598. The molecule has 2 fully saturated rings. The van der Waals surface area contributed by atoms with Gasteiger partial charge in [-0.15, -0.1) is 0 Å². The first kappa shape index (κ1) is 17.9. The van der Waals surface area contributed by atoms with Crippen LogP contribution in [-0.4, -0.2) is 35.3 Å². The Balaban J connectivity index is 1.39. The molecule has 1 saturated heterocycles. The number of hydrogen-bond donors (Lipinski definition) is 1. The number of carbonyl (C=O) groups excluding carboxylic acids is 3. The number of amides is 3.